The lowest BCUT2D eigenvalue weighted by molar-refractivity contribution is -0.125. The van der Waals surface area contributed by atoms with Gasteiger partial charge in [-0.15, -0.1) is 0 Å². The molecule has 4 aromatic rings. The molecule has 160 valence electrons. The van der Waals surface area contributed by atoms with E-state index in [2.05, 4.69) is 31.9 Å². The predicted molar refractivity (Wildman–Crippen MR) is 120 cm³/mol. The molecule has 1 aliphatic heterocycles. The van der Waals surface area contributed by atoms with Crippen molar-refractivity contribution in [1.82, 2.24) is 29.6 Å². The number of para-hydroxylation sites is 1. The number of fused-ring (bicyclic) bond motifs is 1. The minimum Gasteiger partial charge on any atom is -0.472 e. The molecule has 5 rings (SSSR count). The Morgan fingerprint density at radius 1 is 1.19 bits per heavy atom. The third-order valence-electron chi connectivity index (χ3n) is 5.24. The van der Waals surface area contributed by atoms with Gasteiger partial charge in [0.15, 0.2) is 5.82 Å². The van der Waals surface area contributed by atoms with Crippen LogP contribution < -0.4 is 10.1 Å². The lowest BCUT2D eigenvalue weighted by atomic mass is 10.3. The van der Waals surface area contributed by atoms with Crippen molar-refractivity contribution in [2.75, 3.05) is 18.4 Å². The van der Waals surface area contributed by atoms with Crippen molar-refractivity contribution in [2.45, 2.75) is 12.5 Å². The van der Waals surface area contributed by atoms with Crippen molar-refractivity contribution in [3.8, 4) is 11.6 Å². The van der Waals surface area contributed by atoms with E-state index in [1.807, 2.05) is 42.6 Å². The monoisotopic (exact) mass is 427 g/mol. The molecule has 0 aliphatic carbocycles. The topological polar surface area (TPSA) is 98.1 Å². The van der Waals surface area contributed by atoms with Crippen molar-refractivity contribution in [3.05, 3.63) is 73.8 Å². The Morgan fingerprint density at radius 3 is 2.91 bits per heavy atom. The maximum absolute atomic E-state index is 11.8. The summed E-state index contributed by atoms with van der Waals surface area (Å²) in [6.07, 6.45) is 7.05. The number of benzene rings is 1. The fourth-order valence-corrected chi connectivity index (χ4v) is 3.65. The van der Waals surface area contributed by atoms with Crippen molar-refractivity contribution >= 4 is 28.4 Å². The first kappa shape index (κ1) is 19.7. The van der Waals surface area contributed by atoms with Gasteiger partial charge in [0.2, 0.25) is 11.8 Å². The first-order chi connectivity index (χ1) is 15.7. The summed E-state index contributed by atoms with van der Waals surface area (Å²) in [6.45, 7) is 4.70. The second kappa shape index (κ2) is 8.46. The van der Waals surface area contributed by atoms with E-state index in [-0.39, 0.29) is 12.0 Å². The molecule has 1 saturated heterocycles. The third kappa shape index (κ3) is 4.00. The van der Waals surface area contributed by atoms with Gasteiger partial charge in [-0.3, -0.25) is 4.79 Å². The summed E-state index contributed by atoms with van der Waals surface area (Å²) < 4.78 is 7.82. The number of pyridine rings is 1. The lowest BCUT2D eigenvalue weighted by Crippen LogP contribution is -2.29. The molecule has 1 amide bonds. The molecule has 4 heterocycles. The first-order valence-corrected chi connectivity index (χ1v) is 10.3. The molecule has 0 bridgehead atoms. The second-order valence-electron chi connectivity index (χ2n) is 7.39. The Bertz CT molecular complexity index is 1270. The Labute approximate surface area is 184 Å². The van der Waals surface area contributed by atoms with E-state index in [0.29, 0.717) is 35.8 Å². The quantitative estimate of drug-likeness (QED) is 0.472. The lowest BCUT2D eigenvalue weighted by Gasteiger charge is -2.15. The number of aromatic nitrogens is 5. The number of anilines is 2. The van der Waals surface area contributed by atoms with E-state index in [4.69, 9.17) is 4.74 Å². The van der Waals surface area contributed by atoms with Gasteiger partial charge in [-0.25, -0.2) is 19.6 Å². The highest BCUT2D eigenvalue weighted by Gasteiger charge is 2.26. The Kier molecular flexibility index (Phi) is 5.20. The van der Waals surface area contributed by atoms with Gasteiger partial charge in [-0.05, 0) is 24.3 Å². The molecule has 0 unspecified atom stereocenters. The zero-order chi connectivity index (χ0) is 21.9. The van der Waals surface area contributed by atoms with Gasteiger partial charge in [0.05, 0.1) is 35.8 Å². The predicted octanol–water partition coefficient (Wildman–Crippen LogP) is 3.12. The van der Waals surface area contributed by atoms with Crippen LogP contribution in [0.4, 0.5) is 11.5 Å². The van der Waals surface area contributed by atoms with Crippen LogP contribution in [-0.2, 0) is 4.79 Å². The van der Waals surface area contributed by atoms with E-state index in [9.17, 15) is 4.79 Å². The average molecular weight is 427 g/mol. The maximum atomic E-state index is 11.8. The largest absolute Gasteiger partial charge is 0.472 e. The van der Waals surface area contributed by atoms with Crippen LogP contribution in [0.2, 0.25) is 0 Å². The summed E-state index contributed by atoms with van der Waals surface area (Å²) in [5.74, 6) is 0.940. The second-order valence-corrected chi connectivity index (χ2v) is 7.39. The smallest absolute Gasteiger partial charge is 0.246 e. The molecule has 32 heavy (non-hydrogen) atoms. The minimum absolute atomic E-state index is 0.0847. The van der Waals surface area contributed by atoms with Crippen LogP contribution in [0.3, 0.4) is 0 Å². The van der Waals surface area contributed by atoms with E-state index < -0.39 is 0 Å². The number of amides is 1. The summed E-state index contributed by atoms with van der Waals surface area (Å²) in [4.78, 5) is 26.8. The van der Waals surface area contributed by atoms with E-state index >= 15 is 0 Å². The zero-order valence-corrected chi connectivity index (χ0v) is 17.3. The van der Waals surface area contributed by atoms with Gasteiger partial charge >= 0.3 is 0 Å². The number of likely N-dealkylation sites (tertiary alicyclic amines) is 1. The van der Waals surface area contributed by atoms with Gasteiger partial charge in [0, 0.05) is 19.0 Å². The number of nitrogens with one attached hydrogen (secondary N) is 1. The highest BCUT2D eigenvalue weighted by atomic mass is 16.5. The SMILES string of the molecule is C=CC(=O)N1CC[C@H](Oc2ccc3ncnc(Nc4cnn(-c5ccccc5)c4)c3n2)C1. The van der Waals surface area contributed by atoms with Crippen LogP contribution in [0, 0.1) is 0 Å². The van der Waals surface area contributed by atoms with E-state index in [0.717, 1.165) is 17.8 Å². The number of carbonyl (C=O) groups is 1. The molecule has 0 saturated carbocycles. The van der Waals surface area contributed by atoms with Gasteiger partial charge in [-0.2, -0.15) is 5.10 Å². The van der Waals surface area contributed by atoms with Crippen LogP contribution in [0.1, 0.15) is 6.42 Å². The molecule has 9 heteroatoms. The summed E-state index contributed by atoms with van der Waals surface area (Å²) >= 11 is 0. The molecule has 1 fully saturated rings. The number of rotatable bonds is 6. The molecule has 1 N–H and O–H groups in total. The summed E-state index contributed by atoms with van der Waals surface area (Å²) in [6, 6.07) is 13.5. The van der Waals surface area contributed by atoms with Crippen LogP contribution in [0.5, 0.6) is 5.88 Å². The van der Waals surface area contributed by atoms with Gasteiger partial charge in [0.25, 0.3) is 0 Å². The van der Waals surface area contributed by atoms with Gasteiger partial charge in [-0.1, -0.05) is 24.8 Å². The zero-order valence-electron chi connectivity index (χ0n) is 17.3. The standard InChI is InChI=1S/C23H21N7O2/c1-2-21(31)29-11-10-18(14-29)32-20-9-8-19-22(28-20)23(25-15-24-19)27-16-12-26-30(13-16)17-6-4-3-5-7-17/h2-9,12-13,15,18H,1,10-11,14H2,(H,24,25,27)/t18-/m0/s1. The molecule has 0 radical (unpaired) electrons. The molecule has 9 nitrogen and oxygen atoms in total. The van der Waals surface area contributed by atoms with Gasteiger partial charge < -0.3 is 15.0 Å². The molecule has 0 spiro atoms. The molecule has 1 aliphatic rings. The van der Waals surface area contributed by atoms with Crippen molar-refractivity contribution in [1.29, 1.82) is 0 Å². The Balaban J connectivity index is 1.36. The Hall–Kier alpha value is -4.27. The van der Waals surface area contributed by atoms with Gasteiger partial charge in [0.1, 0.15) is 17.9 Å². The third-order valence-corrected chi connectivity index (χ3v) is 5.24. The van der Waals surface area contributed by atoms with E-state index in [1.165, 1.54) is 12.4 Å². The molecule has 1 aromatic carbocycles. The molecule has 1 atom stereocenters. The number of carbonyl (C=O) groups excluding carboxylic acids is 1. The van der Waals surface area contributed by atoms with Crippen molar-refractivity contribution in [3.63, 3.8) is 0 Å². The van der Waals surface area contributed by atoms with E-state index in [1.54, 1.807) is 21.8 Å². The summed E-state index contributed by atoms with van der Waals surface area (Å²) in [5, 5.41) is 7.67. The molecular weight excluding hydrogens is 406 g/mol. The first-order valence-electron chi connectivity index (χ1n) is 10.3. The number of hydrogen-bond acceptors (Lipinski definition) is 7. The Morgan fingerprint density at radius 2 is 2.06 bits per heavy atom. The van der Waals surface area contributed by atoms with Crippen LogP contribution >= 0.6 is 0 Å². The summed E-state index contributed by atoms with van der Waals surface area (Å²) in [5.41, 5.74) is 3.02. The van der Waals surface area contributed by atoms with Crippen LogP contribution in [0.15, 0.2) is 73.8 Å². The summed E-state index contributed by atoms with van der Waals surface area (Å²) in [7, 11) is 0. The highest BCUT2D eigenvalue weighted by Crippen LogP contribution is 2.25. The fraction of sp³-hybridized carbons (Fsp3) is 0.174. The maximum Gasteiger partial charge on any atom is 0.246 e. The minimum atomic E-state index is -0.117. The fourth-order valence-electron chi connectivity index (χ4n) is 3.65. The number of hydrogen-bond donors (Lipinski definition) is 1. The van der Waals surface area contributed by atoms with Crippen LogP contribution in [-0.4, -0.2) is 54.7 Å². The van der Waals surface area contributed by atoms with Crippen molar-refractivity contribution in [2.24, 2.45) is 0 Å². The normalized spacial score (nSPS) is 15.6. The highest BCUT2D eigenvalue weighted by molar-refractivity contribution is 5.87. The van der Waals surface area contributed by atoms with Crippen LogP contribution in [0.25, 0.3) is 16.7 Å². The average Bonchev–Trinajstić information content (AvgIpc) is 3.49. The van der Waals surface area contributed by atoms with Crippen molar-refractivity contribution < 1.29 is 9.53 Å². The molecular formula is C23H21N7O2. The number of nitrogens with zero attached hydrogens (tertiary/aromatic N) is 6. The molecule has 3 aromatic heterocycles. The number of ether oxygens (including phenoxy) is 1.